The van der Waals surface area contributed by atoms with Gasteiger partial charge in [0.15, 0.2) is 0 Å². The van der Waals surface area contributed by atoms with E-state index in [1.54, 1.807) is 7.11 Å². The molecule has 3 nitrogen and oxygen atoms in total. The quantitative estimate of drug-likeness (QED) is 0.841. The molecular formula is C14H23BrN2O. The maximum atomic E-state index is 5.69. The summed E-state index contributed by atoms with van der Waals surface area (Å²) in [6.45, 7) is 6.70. The molecule has 0 aliphatic rings. The molecule has 1 atom stereocenters. The van der Waals surface area contributed by atoms with E-state index in [2.05, 4.69) is 52.9 Å². The summed E-state index contributed by atoms with van der Waals surface area (Å²) >= 11 is 3.54. The van der Waals surface area contributed by atoms with Crippen molar-refractivity contribution in [3.63, 3.8) is 0 Å². The predicted octanol–water partition coefficient (Wildman–Crippen LogP) is 2.81. The lowest BCUT2D eigenvalue weighted by molar-refractivity contribution is 0.182. The topological polar surface area (TPSA) is 38.5 Å². The number of ether oxygens (including phenoxy) is 1. The maximum Gasteiger partial charge on any atom is 0.0663 e. The van der Waals surface area contributed by atoms with Crippen molar-refractivity contribution in [2.24, 2.45) is 5.73 Å². The summed E-state index contributed by atoms with van der Waals surface area (Å²) in [6.07, 6.45) is 0.902. The number of nitrogens with zero attached hydrogens (tertiary/aromatic N) is 1. The molecule has 0 aliphatic carbocycles. The minimum atomic E-state index is 0.353. The van der Waals surface area contributed by atoms with Crippen molar-refractivity contribution in [1.82, 2.24) is 0 Å². The Morgan fingerprint density at radius 1 is 1.44 bits per heavy atom. The Morgan fingerprint density at radius 3 is 2.72 bits per heavy atom. The molecule has 0 spiro atoms. The van der Waals surface area contributed by atoms with Crippen LogP contribution >= 0.6 is 15.9 Å². The van der Waals surface area contributed by atoms with E-state index in [4.69, 9.17) is 10.5 Å². The standard InChI is InChI=1S/C14H23BrN2O/c1-4-17(11(2)10-18-3)14-9-13(15)6-5-12(14)7-8-16/h5-6,9,11H,4,7-8,10,16H2,1-3H3. The van der Waals surface area contributed by atoms with Crippen molar-refractivity contribution >= 4 is 21.6 Å². The van der Waals surface area contributed by atoms with Crippen LogP contribution < -0.4 is 10.6 Å². The van der Waals surface area contributed by atoms with Gasteiger partial charge in [0.1, 0.15) is 0 Å². The third-order valence-electron chi connectivity index (χ3n) is 3.05. The van der Waals surface area contributed by atoms with Gasteiger partial charge in [-0.05, 0) is 44.5 Å². The van der Waals surface area contributed by atoms with Crippen molar-refractivity contribution < 1.29 is 4.74 Å². The van der Waals surface area contributed by atoms with E-state index in [-0.39, 0.29) is 0 Å². The van der Waals surface area contributed by atoms with Crippen molar-refractivity contribution in [3.8, 4) is 0 Å². The number of methoxy groups -OCH3 is 1. The second-order valence-corrected chi connectivity index (χ2v) is 5.32. The lowest BCUT2D eigenvalue weighted by atomic mass is 10.1. The fraction of sp³-hybridized carbons (Fsp3) is 0.571. The minimum Gasteiger partial charge on any atom is -0.383 e. The van der Waals surface area contributed by atoms with Crippen LogP contribution in [0.4, 0.5) is 5.69 Å². The van der Waals surface area contributed by atoms with Crippen LogP contribution in [0.1, 0.15) is 19.4 Å². The Morgan fingerprint density at radius 2 is 2.17 bits per heavy atom. The average Bonchev–Trinajstić information content (AvgIpc) is 2.34. The molecule has 0 bridgehead atoms. The SMILES string of the molecule is CCN(c1cc(Br)ccc1CCN)C(C)COC. The van der Waals surface area contributed by atoms with Gasteiger partial charge in [0.25, 0.3) is 0 Å². The normalized spacial score (nSPS) is 12.5. The molecule has 0 radical (unpaired) electrons. The summed E-state index contributed by atoms with van der Waals surface area (Å²) in [4.78, 5) is 2.36. The van der Waals surface area contributed by atoms with Crippen LogP contribution in [-0.2, 0) is 11.2 Å². The molecule has 1 aromatic carbocycles. The van der Waals surface area contributed by atoms with Crippen molar-refractivity contribution in [1.29, 1.82) is 0 Å². The molecule has 2 N–H and O–H groups in total. The van der Waals surface area contributed by atoms with Crippen LogP contribution in [0, 0.1) is 0 Å². The zero-order valence-electron chi connectivity index (χ0n) is 11.4. The van der Waals surface area contributed by atoms with E-state index in [9.17, 15) is 0 Å². The van der Waals surface area contributed by atoms with E-state index < -0.39 is 0 Å². The molecule has 1 aromatic rings. The number of rotatable bonds is 7. The smallest absolute Gasteiger partial charge is 0.0663 e. The van der Waals surface area contributed by atoms with Gasteiger partial charge in [0.2, 0.25) is 0 Å². The number of nitrogens with two attached hydrogens (primary N) is 1. The zero-order valence-corrected chi connectivity index (χ0v) is 13.0. The van der Waals surface area contributed by atoms with Crippen LogP contribution in [0.2, 0.25) is 0 Å². The first kappa shape index (κ1) is 15.5. The van der Waals surface area contributed by atoms with E-state index in [0.717, 1.165) is 24.0 Å². The maximum absolute atomic E-state index is 5.69. The lowest BCUT2D eigenvalue weighted by Crippen LogP contribution is -2.36. The van der Waals surface area contributed by atoms with E-state index >= 15 is 0 Å². The molecule has 0 saturated carbocycles. The van der Waals surface area contributed by atoms with Gasteiger partial charge in [-0.25, -0.2) is 0 Å². The number of halogens is 1. The van der Waals surface area contributed by atoms with Crippen LogP contribution in [0.15, 0.2) is 22.7 Å². The molecule has 18 heavy (non-hydrogen) atoms. The van der Waals surface area contributed by atoms with Gasteiger partial charge in [-0.2, -0.15) is 0 Å². The van der Waals surface area contributed by atoms with E-state index in [1.165, 1.54) is 11.3 Å². The third kappa shape index (κ3) is 3.97. The zero-order chi connectivity index (χ0) is 13.5. The molecule has 1 rings (SSSR count). The average molecular weight is 315 g/mol. The highest BCUT2D eigenvalue weighted by molar-refractivity contribution is 9.10. The molecule has 1 unspecified atom stereocenters. The van der Waals surface area contributed by atoms with Gasteiger partial charge in [0, 0.05) is 29.9 Å². The van der Waals surface area contributed by atoms with Crippen LogP contribution in [-0.4, -0.2) is 32.8 Å². The van der Waals surface area contributed by atoms with Crippen LogP contribution in [0.5, 0.6) is 0 Å². The van der Waals surface area contributed by atoms with Gasteiger partial charge >= 0.3 is 0 Å². The predicted molar refractivity (Wildman–Crippen MR) is 81.3 cm³/mol. The molecule has 0 amide bonds. The number of hydrogen-bond donors (Lipinski definition) is 1. The molecule has 0 fully saturated rings. The Bertz CT molecular complexity index is 371. The molecule has 0 heterocycles. The molecule has 0 aliphatic heterocycles. The Kier molecular flexibility index (Phi) is 6.68. The first-order chi connectivity index (χ1) is 8.63. The first-order valence-electron chi connectivity index (χ1n) is 6.38. The van der Waals surface area contributed by atoms with E-state index in [0.29, 0.717) is 12.6 Å². The first-order valence-corrected chi connectivity index (χ1v) is 7.17. The number of likely N-dealkylation sites (N-methyl/N-ethyl adjacent to an activating group) is 1. The van der Waals surface area contributed by atoms with Gasteiger partial charge < -0.3 is 15.4 Å². The molecule has 0 saturated heterocycles. The van der Waals surface area contributed by atoms with Crippen molar-refractivity contribution in [2.75, 3.05) is 31.7 Å². The Labute approximate surface area is 118 Å². The minimum absolute atomic E-state index is 0.353. The van der Waals surface area contributed by atoms with Gasteiger partial charge in [-0.1, -0.05) is 22.0 Å². The lowest BCUT2D eigenvalue weighted by Gasteiger charge is -2.31. The third-order valence-corrected chi connectivity index (χ3v) is 3.54. The monoisotopic (exact) mass is 314 g/mol. The summed E-state index contributed by atoms with van der Waals surface area (Å²) < 4.78 is 6.36. The van der Waals surface area contributed by atoms with Gasteiger partial charge in [-0.15, -0.1) is 0 Å². The Balaban J connectivity index is 3.05. The molecule has 102 valence electrons. The van der Waals surface area contributed by atoms with Gasteiger partial charge in [0.05, 0.1) is 6.61 Å². The van der Waals surface area contributed by atoms with E-state index in [1.807, 2.05) is 0 Å². The fourth-order valence-electron chi connectivity index (χ4n) is 2.22. The highest BCUT2D eigenvalue weighted by Gasteiger charge is 2.16. The summed E-state index contributed by atoms with van der Waals surface area (Å²) in [6, 6.07) is 6.74. The number of hydrogen-bond acceptors (Lipinski definition) is 3. The molecular weight excluding hydrogens is 292 g/mol. The number of anilines is 1. The largest absolute Gasteiger partial charge is 0.383 e. The number of benzene rings is 1. The highest BCUT2D eigenvalue weighted by Crippen LogP contribution is 2.27. The Hall–Kier alpha value is -0.580. The molecule has 0 aromatic heterocycles. The van der Waals surface area contributed by atoms with Crippen molar-refractivity contribution in [2.45, 2.75) is 26.3 Å². The van der Waals surface area contributed by atoms with Crippen LogP contribution in [0.3, 0.4) is 0 Å². The van der Waals surface area contributed by atoms with Gasteiger partial charge in [-0.3, -0.25) is 0 Å². The second kappa shape index (κ2) is 7.77. The van der Waals surface area contributed by atoms with Crippen molar-refractivity contribution in [3.05, 3.63) is 28.2 Å². The summed E-state index contributed by atoms with van der Waals surface area (Å²) in [5.41, 5.74) is 8.24. The molecule has 4 heteroatoms. The summed E-state index contributed by atoms with van der Waals surface area (Å²) in [7, 11) is 1.74. The second-order valence-electron chi connectivity index (χ2n) is 4.40. The highest BCUT2D eigenvalue weighted by atomic mass is 79.9. The van der Waals surface area contributed by atoms with Crippen LogP contribution in [0.25, 0.3) is 0 Å². The summed E-state index contributed by atoms with van der Waals surface area (Å²) in [5, 5.41) is 0. The fourth-order valence-corrected chi connectivity index (χ4v) is 2.57. The summed E-state index contributed by atoms with van der Waals surface area (Å²) in [5.74, 6) is 0.